The zero-order valence-corrected chi connectivity index (χ0v) is 12.9. The number of carbonyl (C=O) groups is 1. The lowest BCUT2D eigenvalue weighted by Crippen LogP contribution is -2.53. The maximum atomic E-state index is 10.8. The van der Waals surface area contributed by atoms with E-state index < -0.39 is 5.97 Å². The van der Waals surface area contributed by atoms with E-state index in [1.165, 1.54) is 9.88 Å². The Hall–Kier alpha value is -0.980. The van der Waals surface area contributed by atoms with E-state index in [1.54, 1.807) is 11.3 Å². The van der Waals surface area contributed by atoms with E-state index in [4.69, 9.17) is 5.11 Å². The minimum atomic E-state index is -0.736. The zero-order valence-electron chi connectivity index (χ0n) is 12.1. The van der Waals surface area contributed by atoms with Crippen molar-refractivity contribution in [2.24, 2.45) is 0 Å². The Balaban J connectivity index is 1.69. The molecule has 6 heteroatoms. The SMILES string of the molecule is CCc1ncc(CNC2CC(N(CC)CC(=O)O)C2)s1. The Labute approximate surface area is 124 Å². The summed E-state index contributed by atoms with van der Waals surface area (Å²) < 4.78 is 0. The van der Waals surface area contributed by atoms with Crippen molar-refractivity contribution in [3.05, 3.63) is 16.1 Å². The number of carboxylic acid groups (broad SMARTS) is 1. The monoisotopic (exact) mass is 297 g/mol. The van der Waals surface area contributed by atoms with Crippen LogP contribution in [0.2, 0.25) is 0 Å². The molecule has 0 bridgehead atoms. The Kier molecular flexibility index (Phi) is 5.51. The van der Waals surface area contributed by atoms with E-state index in [1.807, 2.05) is 18.0 Å². The van der Waals surface area contributed by atoms with Gasteiger partial charge in [-0.15, -0.1) is 11.3 Å². The molecule has 112 valence electrons. The van der Waals surface area contributed by atoms with Crippen molar-refractivity contribution in [1.29, 1.82) is 0 Å². The summed E-state index contributed by atoms with van der Waals surface area (Å²) in [6.07, 6.45) is 5.04. The first-order valence-electron chi connectivity index (χ1n) is 7.25. The molecular formula is C14H23N3O2S. The standard InChI is InChI=1S/C14H23N3O2S/c1-3-13-16-8-12(20-13)7-15-10-5-11(6-10)17(4-2)9-14(18)19/h8,10-11,15H,3-7,9H2,1-2H3,(H,18,19). The number of aliphatic carboxylic acids is 1. The molecule has 0 radical (unpaired) electrons. The van der Waals surface area contributed by atoms with Gasteiger partial charge >= 0.3 is 5.97 Å². The minimum Gasteiger partial charge on any atom is -0.480 e. The first-order valence-corrected chi connectivity index (χ1v) is 8.06. The van der Waals surface area contributed by atoms with Crippen LogP contribution in [0.3, 0.4) is 0 Å². The zero-order chi connectivity index (χ0) is 14.5. The smallest absolute Gasteiger partial charge is 0.317 e. The second-order valence-corrected chi connectivity index (χ2v) is 6.43. The normalized spacial score (nSPS) is 21.9. The van der Waals surface area contributed by atoms with Gasteiger partial charge < -0.3 is 10.4 Å². The lowest BCUT2D eigenvalue weighted by molar-refractivity contribution is -0.139. The largest absolute Gasteiger partial charge is 0.480 e. The Morgan fingerprint density at radius 1 is 1.55 bits per heavy atom. The van der Waals surface area contributed by atoms with Gasteiger partial charge in [-0.2, -0.15) is 0 Å². The van der Waals surface area contributed by atoms with Crippen molar-refractivity contribution in [2.45, 2.75) is 51.7 Å². The number of thiazole rings is 1. The van der Waals surface area contributed by atoms with Gasteiger partial charge in [0.05, 0.1) is 11.6 Å². The van der Waals surface area contributed by atoms with Gasteiger partial charge in [0.25, 0.3) is 0 Å². The third-order valence-corrected chi connectivity index (χ3v) is 4.98. The molecule has 2 N–H and O–H groups in total. The molecule has 0 aromatic carbocycles. The molecular weight excluding hydrogens is 274 g/mol. The fourth-order valence-corrected chi connectivity index (χ4v) is 3.38. The molecule has 1 aromatic heterocycles. The number of nitrogens with one attached hydrogen (secondary N) is 1. The van der Waals surface area contributed by atoms with Crippen molar-refractivity contribution in [3.8, 4) is 0 Å². The lowest BCUT2D eigenvalue weighted by Gasteiger charge is -2.42. The van der Waals surface area contributed by atoms with E-state index in [0.717, 1.165) is 32.4 Å². The van der Waals surface area contributed by atoms with Gasteiger partial charge in [0.2, 0.25) is 0 Å². The van der Waals surface area contributed by atoms with E-state index in [9.17, 15) is 4.79 Å². The van der Waals surface area contributed by atoms with Crippen LogP contribution in [0.15, 0.2) is 6.20 Å². The van der Waals surface area contributed by atoms with Crippen LogP contribution >= 0.6 is 11.3 Å². The van der Waals surface area contributed by atoms with Crippen LogP contribution in [0.4, 0.5) is 0 Å². The molecule has 0 spiro atoms. The number of nitrogens with zero attached hydrogens (tertiary/aromatic N) is 2. The van der Waals surface area contributed by atoms with Crippen LogP contribution in [0.25, 0.3) is 0 Å². The van der Waals surface area contributed by atoms with E-state index in [2.05, 4.69) is 17.2 Å². The van der Waals surface area contributed by atoms with Crippen LogP contribution < -0.4 is 5.32 Å². The molecule has 0 atom stereocenters. The van der Waals surface area contributed by atoms with Gasteiger partial charge in [-0.3, -0.25) is 9.69 Å². The average molecular weight is 297 g/mol. The van der Waals surface area contributed by atoms with Crippen LogP contribution in [-0.2, 0) is 17.8 Å². The summed E-state index contributed by atoms with van der Waals surface area (Å²) in [5.41, 5.74) is 0. The summed E-state index contributed by atoms with van der Waals surface area (Å²) in [5, 5.41) is 13.6. The quantitative estimate of drug-likeness (QED) is 0.765. The molecule has 1 heterocycles. The van der Waals surface area contributed by atoms with Gasteiger partial charge in [-0.05, 0) is 25.8 Å². The summed E-state index contributed by atoms with van der Waals surface area (Å²) >= 11 is 1.77. The maximum absolute atomic E-state index is 10.8. The number of aryl methyl sites for hydroxylation is 1. The van der Waals surface area contributed by atoms with Crippen molar-refractivity contribution >= 4 is 17.3 Å². The number of carboxylic acids is 1. The van der Waals surface area contributed by atoms with Gasteiger partial charge in [-0.1, -0.05) is 13.8 Å². The van der Waals surface area contributed by atoms with E-state index >= 15 is 0 Å². The summed E-state index contributed by atoms with van der Waals surface area (Å²) in [5.74, 6) is -0.736. The highest BCUT2D eigenvalue weighted by Crippen LogP contribution is 2.26. The molecule has 0 unspecified atom stereocenters. The summed E-state index contributed by atoms with van der Waals surface area (Å²) in [6, 6.07) is 0.927. The van der Waals surface area contributed by atoms with Crippen LogP contribution in [0, 0.1) is 0 Å². The number of hydrogen-bond donors (Lipinski definition) is 2. The van der Waals surface area contributed by atoms with Crippen LogP contribution in [0.5, 0.6) is 0 Å². The number of likely N-dealkylation sites (N-methyl/N-ethyl adjacent to an activating group) is 1. The number of rotatable bonds is 8. The fourth-order valence-electron chi connectivity index (χ4n) is 2.56. The second-order valence-electron chi connectivity index (χ2n) is 5.23. The molecule has 1 aliphatic carbocycles. The predicted octanol–water partition coefficient (Wildman–Crippen LogP) is 1.73. The van der Waals surface area contributed by atoms with Crippen LogP contribution in [0.1, 0.15) is 36.6 Å². The number of hydrogen-bond acceptors (Lipinski definition) is 5. The van der Waals surface area contributed by atoms with E-state index in [-0.39, 0.29) is 6.54 Å². The molecule has 0 saturated heterocycles. The first-order chi connectivity index (χ1) is 9.62. The molecule has 1 aliphatic rings. The third kappa shape index (κ3) is 4.01. The van der Waals surface area contributed by atoms with Crippen molar-refractivity contribution < 1.29 is 9.90 Å². The predicted molar refractivity (Wildman–Crippen MR) is 80.0 cm³/mol. The topological polar surface area (TPSA) is 65.5 Å². The van der Waals surface area contributed by atoms with Crippen molar-refractivity contribution in [2.75, 3.05) is 13.1 Å². The van der Waals surface area contributed by atoms with Gasteiger partial charge in [0, 0.05) is 29.7 Å². The molecule has 5 nitrogen and oxygen atoms in total. The van der Waals surface area contributed by atoms with Crippen LogP contribution in [-0.4, -0.2) is 46.1 Å². The van der Waals surface area contributed by atoms with Crippen molar-refractivity contribution in [1.82, 2.24) is 15.2 Å². The molecule has 0 amide bonds. The Morgan fingerprint density at radius 3 is 2.85 bits per heavy atom. The molecule has 1 fully saturated rings. The lowest BCUT2D eigenvalue weighted by atomic mass is 9.85. The molecule has 20 heavy (non-hydrogen) atoms. The molecule has 0 aliphatic heterocycles. The summed E-state index contributed by atoms with van der Waals surface area (Å²) in [7, 11) is 0. The first kappa shape index (κ1) is 15.4. The summed E-state index contributed by atoms with van der Waals surface area (Å²) in [4.78, 5) is 18.4. The minimum absolute atomic E-state index is 0.155. The third-order valence-electron chi connectivity index (χ3n) is 3.84. The van der Waals surface area contributed by atoms with Gasteiger partial charge in [0.1, 0.15) is 0 Å². The second kappa shape index (κ2) is 7.15. The molecule has 1 saturated carbocycles. The van der Waals surface area contributed by atoms with Gasteiger partial charge in [-0.25, -0.2) is 4.98 Å². The number of aromatic nitrogens is 1. The Morgan fingerprint density at radius 2 is 2.30 bits per heavy atom. The molecule has 2 rings (SSSR count). The highest BCUT2D eigenvalue weighted by Gasteiger charge is 2.33. The average Bonchev–Trinajstić information content (AvgIpc) is 2.82. The summed E-state index contributed by atoms with van der Waals surface area (Å²) in [6.45, 7) is 5.97. The maximum Gasteiger partial charge on any atom is 0.317 e. The molecule has 1 aromatic rings. The van der Waals surface area contributed by atoms with Gasteiger partial charge in [0.15, 0.2) is 0 Å². The highest BCUT2D eigenvalue weighted by atomic mass is 32.1. The highest BCUT2D eigenvalue weighted by molar-refractivity contribution is 7.11. The fraction of sp³-hybridized carbons (Fsp3) is 0.714. The van der Waals surface area contributed by atoms with E-state index in [0.29, 0.717) is 12.1 Å². The van der Waals surface area contributed by atoms with Crippen molar-refractivity contribution in [3.63, 3.8) is 0 Å². The Bertz CT molecular complexity index is 443.